The van der Waals surface area contributed by atoms with Crippen molar-refractivity contribution in [3.63, 3.8) is 0 Å². The van der Waals surface area contributed by atoms with Crippen LogP contribution < -0.4 is 5.32 Å². The summed E-state index contributed by atoms with van der Waals surface area (Å²) < 4.78 is 0. The Bertz CT molecular complexity index is 411. The molecule has 0 radical (unpaired) electrons. The third kappa shape index (κ3) is 3.20. The van der Waals surface area contributed by atoms with E-state index in [-0.39, 0.29) is 10.6 Å². The summed E-state index contributed by atoms with van der Waals surface area (Å²) in [5.74, 6) is 1.10. The zero-order chi connectivity index (χ0) is 12.3. The maximum absolute atomic E-state index is 10.8. The van der Waals surface area contributed by atoms with Gasteiger partial charge in [0.05, 0.1) is 4.92 Å². The zero-order valence-electron chi connectivity index (χ0n) is 9.76. The second-order valence-electron chi connectivity index (χ2n) is 4.34. The minimum Gasteiger partial charge on any atom is -0.309 e. The normalized spacial score (nSPS) is 23.8. The molecule has 5 heteroatoms. The van der Waals surface area contributed by atoms with Gasteiger partial charge in [-0.05, 0) is 6.42 Å². The smallest absolute Gasteiger partial charge is 0.273 e. The van der Waals surface area contributed by atoms with Crippen molar-refractivity contribution in [1.82, 2.24) is 5.32 Å². The van der Waals surface area contributed by atoms with Crippen molar-refractivity contribution in [3.05, 3.63) is 39.9 Å². The van der Waals surface area contributed by atoms with Crippen molar-refractivity contribution < 1.29 is 4.92 Å². The van der Waals surface area contributed by atoms with E-state index in [0.29, 0.717) is 17.8 Å². The molecular weight excluding hydrogens is 236 g/mol. The second kappa shape index (κ2) is 5.51. The summed E-state index contributed by atoms with van der Waals surface area (Å²) in [5.41, 5.74) is 0.973. The van der Waals surface area contributed by atoms with Crippen molar-refractivity contribution in [3.8, 4) is 0 Å². The van der Waals surface area contributed by atoms with Crippen LogP contribution in [0, 0.1) is 10.1 Å². The third-order valence-corrected chi connectivity index (χ3v) is 4.32. The van der Waals surface area contributed by atoms with E-state index in [1.54, 1.807) is 12.1 Å². The number of hydrogen-bond acceptors (Lipinski definition) is 4. The molecule has 2 unspecified atom stereocenters. The van der Waals surface area contributed by atoms with Gasteiger partial charge in [-0.1, -0.05) is 25.1 Å². The SMILES string of the molecule is CC1CC(NCc2ccccc2[N+](=O)[O-])CS1. The van der Waals surface area contributed by atoms with Gasteiger partial charge in [0.25, 0.3) is 5.69 Å². The Morgan fingerprint density at radius 1 is 1.53 bits per heavy atom. The van der Waals surface area contributed by atoms with Gasteiger partial charge in [-0.25, -0.2) is 0 Å². The summed E-state index contributed by atoms with van der Waals surface area (Å²) in [6.45, 7) is 2.80. The molecule has 2 atom stereocenters. The van der Waals surface area contributed by atoms with Gasteiger partial charge in [0.2, 0.25) is 0 Å². The molecule has 1 aromatic rings. The first-order chi connectivity index (χ1) is 8.16. The Morgan fingerprint density at radius 2 is 2.29 bits per heavy atom. The Kier molecular flexibility index (Phi) is 4.02. The first-order valence-corrected chi connectivity index (χ1v) is 6.79. The number of nitro groups is 1. The number of rotatable bonds is 4. The van der Waals surface area contributed by atoms with Gasteiger partial charge >= 0.3 is 0 Å². The quantitative estimate of drug-likeness (QED) is 0.661. The Balaban J connectivity index is 1.97. The predicted molar refractivity (Wildman–Crippen MR) is 70.3 cm³/mol. The molecule has 1 saturated heterocycles. The fourth-order valence-electron chi connectivity index (χ4n) is 2.05. The Labute approximate surface area is 105 Å². The molecule has 0 amide bonds. The van der Waals surface area contributed by atoms with E-state index < -0.39 is 0 Å². The summed E-state index contributed by atoms with van der Waals surface area (Å²) in [4.78, 5) is 10.5. The summed E-state index contributed by atoms with van der Waals surface area (Å²) in [6.07, 6.45) is 1.14. The molecule has 2 rings (SSSR count). The Hall–Kier alpha value is -1.07. The molecular formula is C12H16N2O2S. The lowest BCUT2D eigenvalue weighted by atomic mass is 10.1. The average Bonchev–Trinajstić information content (AvgIpc) is 2.73. The van der Waals surface area contributed by atoms with Crippen molar-refractivity contribution in [2.24, 2.45) is 0 Å². The lowest BCUT2D eigenvalue weighted by molar-refractivity contribution is -0.385. The molecule has 1 heterocycles. The van der Waals surface area contributed by atoms with Crippen LogP contribution >= 0.6 is 11.8 Å². The monoisotopic (exact) mass is 252 g/mol. The maximum atomic E-state index is 10.8. The van der Waals surface area contributed by atoms with Gasteiger partial charge in [0.1, 0.15) is 0 Å². The molecule has 1 N–H and O–H groups in total. The first kappa shape index (κ1) is 12.4. The van der Waals surface area contributed by atoms with Crippen LogP contribution in [0.15, 0.2) is 24.3 Å². The number of benzene rings is 1. The number of nitro benzene ring substituents is 1. The fourth-order valence-corrected chi connectivity index (χ4v) is 3.24. The van der Waals surface area contributed by atoms with Crippen LogP contribution in [0.5, 0.6) is 0 Å². The van der Waals surface area contributed by atoms with Gasteiger partial charge in [0.15, 0.2) is 0 Å². The van der Waals surface area contributed by atoms with Gasteiger partial charge in [0, 0.05) is 35.2 Å². The van der Waals surface area contributed by atoms with Crippen LogP contribution in [-0.4, -0.2) is 22.0 Å². The number of thioether (sulfide) groups is 1. The molecule has 0 spiro atoms. The highest BCUT2D eigenvalue weighted by atomic mass is 32.2. The van der Waals surface area contributed by atoms with E-state index in [0.717, 1.165) is 17.7 Å². The second-order valence-corrected chi connectivity index (χ2v) is 5.81. The van der Waals surface area contributed by atoms with Gasteiger partial charge < -0.3 is 5.32 Å². The predicted octanol–water partition coefficient (Wildman–Crippen LogP) is 2.58. The van der Waals surface area contributed by atoms with Gasteiger partial charge in [-0.2, -0.15) is 11.8 Å². The lowest BCUT2D eigenvalue weighted by Crippen LogP contribution is -2.28. The molecule has 1 fully saturated rings. The summed E-state index contributed by atoms with van der Waals surface area (Å²) in [6, 6.07) is 7.40. The molecule has 17 heavy (non-hydrogen) atoms. The highest BCUT2D eigenvalue weighted by Gasteiger charge is 2.22. The number of nitrogens with one attached hydrogen (secondary N) is 1. The molecule has 1 aliphatic heterocycles. The van der Waals surface area contributed by atoms with E-state index in [4.69, 9.17) is 0 Å². The zero-order valence-corrected chi connectivity index (χ0v) is 10.6. The van der Waals surface area contributed by atoms with E-state index in [1.807, 2.05) is 23.9 Å². The highest BCUT2D eigenvalue weighted by Crippen LogP contribution is 2.26. The third-order valence-electron chi connectivity index (χ3n) is 2.97. The van der Waals surface area contributed by atoms with Crippen molar-refractivity contribution in [2.75, 3.05) is 5.75 Å². The summed E-state index contributed by atoms with van der Waals surface area (Å²) in [7, 11) is 0. The summed E-state index contributed by atoms with van der Waals surface area (Å²) >= 11 is 1.95. The van der Waals surface area contributed by atoms with E-state index in [1.165, 1.54) is 0 Å². The number of nitrogens with zero attached hydrogens (tertiary/aromatic N) is 1. The van der Waals surface area contributed by atoms with E-state index >= 15 is 0 Å². The van der Waals surface area contributed by atoms with E-state index in [2.05, 4.69) is 12.2 Å². The van der Waals surface area contributed by atoms with Gasteiger partial charge in [-0.3, -0.25) is 10.1 Å². The topological polar surface area (TPSA) is 55.2 Å². The number of para-hydroxylation sites is 1. The molecule has 1 aliphatic rings. The maximum Gasteiger partial charge on any atom is 0.273 e. The van der Waals surface area contributed by atoms with Crippen molar-refractivity contribution >= 4 is 17.4 Å². The van der Waals surface area contributed by atoms with Crippen LogP contribution in [0.25, 0.3) is 0 Å². The standard InChI is InChI=1S/C12H16N2O2S/c1-9-6-11(8-17-9)13-7-10-4-2-3-5-12(10)14(15)16/h2-5,9,11,13H,6-8H2,1H3. The number of hydrogen-bond donors (Lipinski definition) is 1. The average molecular weight is 252 g/mol. The fraction of sp³-hybridized carbons (Fsp3) is 0.500. The molecule has 0 saturated carbocycles. The molecule has 0 aromatic heterocycles. The largest absolute Gasteiger partial charge is 0.309 e. The van der Waals surface area contributed by atoms with Crippen LogP contribution in [0.4, 0.5) is 5.69 Å². The summed E-state index contributed by atoms with van der Waals surface area (Å²) in [5, 5.41) is 14.9. The molecule has 4 nitrogen and oxygen atoms in total. The van der Waals surface area contributed by atoms with E-state index in [9.17, 15) is 10.1 Å². The van der Waals surface area contributed by atoms with Crippen molar-refractivity contribution in [1.29, 1.82) is 0 Å². The first-order valence-electron chi connectivity index (χ1n) is 5.74. The minimum absolute atomic E-state index is 0.207. The van der Waals surface area contributed by atoms with Gasteiger partial charge in [-0.15, -0.1) is 0 Å². The molecule has 0 bridgehead atoms. The minimum atomic E-state index is -0.316. The molecule has 92 valence electrons. The van der Waals surface area contributed by atoms with Crippen LogP contribution in [0.1, 0.15) is 18.9 Å². The van der Waals surface area contributed by atoms with Crippen LogP contribution in [0.2, 0.25) is 0 Å². The Morgan fingerprint density at radius 3 is 2.94 bits per heavy atom. The highest BCUT2D eigenvalue weighted by molar-refractivity contribution is 8.00. The van der Waals surface area contributed by atoms with Crippen molar-refractivity contribution in [2.45, 2.75) is 31.2 Å². The molecule has 0 aliphatic carbocycles. The molecule has 1 aromatic carbocycles. The van der Waals surface area contributed by atoms with Crippen LogP contribution in [-0.2, 0) is 6.54 Å². The lowest BCUT2D eigenvalue weighted by Gasteiger charge is -2.11. The van der Waals surface area contributed by atoms with Crippen LogP contribution in [0.3, 0.4) is 0 Å².